The van der Waals surface area contributed by atoms with Crippen molar-refractivity contribution in [2.45, 2.75) is 33.2 Å². The summed E-state index contributed by atoms with van der Waals surface area (Å²) in [6.07, 6.45) is 7.59. The third-order valence-electron chi connectivity index (χ3n) is 6.57. The highest BCUT2D eigenvalue weighted by molar-refractivity contribution is 5.92. The van der Waals surface area contributed by atoms with Crippen LogP contribution in [0.5, 0.6) is 0 Å². The van der Waals surface area contributed by atoms with Crippen molar-refractivity contribution in [3.05, 3.63) is 65.4 Å². The summed E-state index contributed by atoms with van der Waals surface area (Å²) >= 11 is 0. The number of aryl methyl sites for hydroxylation is 1. The van der Waals surface area contributed by atoms with E-state index in [4.69, 9.17) is 4.98 Å². The molecule has 0 spiro atoms. The molecule has 7 nitrogen and oxygen atoms in total. The molecular formula is C25H28N6O. The van der Waals surface area contributed by atoms with E-state index in [9.17, 15) is 4.79 Å². The van der Waals surface area contributed by atoms with Crippen molar-refractivity contribution in [2.24, 2.45) is 7.05 Å². The summed E-state index contributed by atoms with van der Waals surface area (Å²) in [5.41, 5.74) is 8.26. The molecule has 0 aliphatic carbocycles. The number of amides is 2. The molecule has 4 aromatic rings. The highest BCUT2D eigenvalue weighted by atomic mass is 16.2. The molecule has 32 heavy (non-hydrogen) atoms. The maximum Gasteiger partial charge on any atom is 0.317 e. The van der Waals surface area contributed by atoms with E-state index in [0.717, 1.165) is 47.1 Å². The van der Waals surface area contributed by atoms with Gasteiger partial charge in [0.1, 0.15) is 0 Å². The Kier molecular flexibility index (Phi) is 4.96. The zero-order chi connectivity index (χ0) is 22.4. The van der Waals surface area contributed by atoms with Crippen LogP contribution in [0.25, 0.3) is 27.7 Å². The highest BCUT2D eigenvalue weighted by Crippen LogP contribution is 2.34. The fourth-order valence-electron chi connectivity index (χ4n) is 4.97. The predicted octanol–water partition coefficient (Wildman–Crippen LogP) is 3.99. The maximum atomic E-state index is 12.4. The van der Waals surface area contributed by atoms with E-state index in [2.05, 4.69) is 53.1 Å². The Morgan fingerprint density at radius 2 is 2.09 bits per heavy atom. The van der Waals surface area contributed by atoms with Gasteiger partial charge < -0.3 is 14.8 Å². The van der Waals surface area contributed by atoms with Crippen molar-refractivity contribution in [3.63, 3.8) is 0 Å². The van der Waals surface area contributed by atoms with Gasteiger partial charge in [-0.1, -0.05) is 19.1 Å². The summed E-state index contributed by atoms with van der Waals surface area (Å²) in [5, 5.41) is 9.29. The molecule has 0 saturated carbocycles. The molecule has 1 aromatic carbocycles. The summed E-state index contributed by atoms with van der Waals surface area (Å²) in [5.74, 6) is 0. The van der Waals surface area contributed by atoms with Gasteiger partial charge in [-0.15, -0.1) is 0 Å². The van der Waals surface area contributed by atoms with Gasteiger partial charge in [0.25, 0.3) is 0 Å². The summed E-state index contributed by atoms with van der Waals surface area (Å²) in [4.78, 5) is 19.0. The van der Waals surface area contributed by atoms with Crippen molar-refractivity contribution in [1.82, 2.24) is 29.5 Å². The van der Waals surface area contributed by atoms with Crippen molar-refractivity contribution in [2.75, 3.05) is 13.6 Å². The third kappa shape index (κ3) is 3.16. The molecule has 164 valence electrons. The summed E-state index contributed by atoms with van der Waals surface area (Å²) in [6.45, 7) is 5.76. The van der Waals surface area contributed by atoms with E-state index in [1.807, 2.05) is 30.5 Å². The molecule has 4 heterocycles. The van der Waals surface area contributed by atoms with Gasteiger partial charge in [0.15, 0.2) is 0 Å². The Bertz CT molecular complexity index is 1330. The summed E-state index contributed by atoms with van der Waals surface area (Å²) in [7, 11) is 3.60. The van der Waals surface area contributed by atoms with Gasteiger partial charge in [-0.3, -0.25) is 9.67 Å². The molecule has 0 atom stereocenters. The van der Waals surface area contributed by atoms with Crippen LogP contribution < -0.4 is 5.32 Å². The molecule has 3 aromatic heterocycles. The second-order valence-corrected chi connectivity index (χ2v) is 8.38. The van der Waals surface area contributed by atoms with E-state index < -0.39 is 0 Å². The first kappa shape index (κ1) is 20.3. The number of nitrogens with zero attached hydrogens (tertiary/aromatic N) is 5. The lowest BCUT2D eigenvalue weighted by molar-refractivity contribution is 0.193. The van der Waals surface area contributed by atoms with E-state index in [-0.39, 0.29) is 6.03 Å². The van der Waals surface area contributed by atoms with E-state index in [1.54, 1.807) is 11.7 Å². The summed E-state index contributed by atoms with van der Waals surface area (Å²) in [6, 6.07) is 8.49. The second-order valence-electron chi connectivity index (χ2n) is 8.38. The molecule has 1 aliphatic rings. The van der Waals surface area contributed by atoms with Gasteiger partial charge >= 0.3 is 6.03 Å². The molecule has 1 aliphatic heterocycles. The first-order chi connectivity index (χ1) is 15.5. The lowest BCUT2D eigenvalue weighted by Crippen LogP contribution is -2.41. The van der Waals surface area contributed by atoms with Crippen molar-refractivity contribution in [1.29, 1.82) is 0 Å². The van der Waals surface area contributed by atoms with Gasteiger partial charge in [-0.25, -0.2) is 4.79 Å². The number of nitrogens with one attached hydrogen (secondary N) is 1. The molecule has 7 heteroatoms. The number of urea groups is 1. The number of carbonyl (C=O) groups is 1. The Labute approximate surface area is 187 Å². The number of pyridine rings is 1. The lowest BCUT2D eigenvalue weighted by atomic mass is 10.0. The van der Waals surface area contributed by atoms with Gasteiger partial charge in [0, 0.05) is 55.4 Å². The van der Waals surface area contributed by atoms with Gasteiger partial charge in [-0.2, -0.15) is 5.10 Å². The molecular weight excluding hydrogens is 400 g/mol. The van der Waals surface area contributed by atoms with Crippen LogP contribution in [0, 0.1) is 6.92 Å². The predicted molar refractivity (Wildman–Crippen MR) is 126 cm³/mol. The van der Waals surface area contributed by atoms with Crippen LogP contribution in [-0.2, 0) is 26.4 Å². The minimum absolute atomic E-state index is 0.0280. The Morgan fingerprint density at radius 3 is 2.81 bits per heavy atom. The van der Waals surface area contributed by atoms with E-state index >= 15 is 0 Å². The Balaban J connectivity index is 1.68. The van der Waals surface area contributed by atoms with Crippen LogP contribution in [0.3, 0.4) is 0 Å². The van der Waals surface area contributed by atoms with Crippen molar-refractivity contribution < 1.29 is 4.79 Å². The Morgan fingerprint density at radius 1 is 1.25 bits per heavy atom. The lowest BCUT2D eigenvalue weighted by Gasteiger charge is -2.28. The number of fused-ring (bicyclic) bond motifs is 2. The van der Waals surface area contributed by atoms with Crippen molar-refractivity contribution in [3.8, 4) is 16.9 Å². The molecule has 2 amide bonds. The normalized spacial score (nSPS) is 13.4. The fraction of sp³-hybridized carbons (Fsp3) is 0.320. The van der Waals surface area contributed by atoms with E-state index in [0.29, 0.717) is 6.54 Å². The fourth-order valence-corrected chi connectivity index (χ4v) is 4.97. The number of aromatic nitrogens is 4. The van der Waals surface area contributed by atoms with Crippen LogP contribution in [0.1, 0.15) is 29.4 Å². The second kappa shape index (κ2) is 7.82. The molecule has 0 fully saturated rings. The van der Waals surface area contributed by atoms with Gasteiger partial charge in [0.05, 0.1) is 24.1 Å². The summed E-state index contributed by atoms with van der Waals surface area (Å²) < 4.78 is 4.16. The minimum atomic E-state index is -0.0280. The molecule has 0 radical (unpaired) electrons. The third-order valence-corrected chi connectivity index (χ3v) is 6.57. The molecule has 0 unspecified atom stereocenters. The van der Waals surface area contributed by atoms with Gasteiger partial charge in [0.2, 0.25) is 0 Å². The Hall–Kier alpha value is -3.61. The monoisotopic (exact) mass is 428 g/mol. The molecule has 0 saturated heterocycles. The zero-order valence-electron chi connectivity index (χ0n) is 19.0. The number of carbonyl (C=O) groups excluding carboxylic acids is 1. The largest absolute Gasteiger partial charge is 0.341 e. The number of benzene rings is 1. The quantitative estimate of drug-likeness (QED) is 0.536. The molecule has 5 rings (SSSR count). The zero-order valence-corrected chi connectivity index (χ0v) is 19.0. The average molecular weight is 429 g/mol. The molecule has 1 N–H and O–H groups in total. The highest BCUT2D eigenvalue weighted by Gasteiger charge is 2.28. The van der Waals surface area contributed by atoms with Crippen LogP contribution >= 0.6 is 0 Å². The average Bonchev–Trinajstić information content (AvgIpc) is 3.38. The first-order valence-corrected chi connectivity index (χ1v) is 11.1. The number of rotatable bonds is 3. The smallest absolute Gasteiger partial charge is 0.317 e. The minimum Gasteiger partial charge on any atom is -0.341 e. The first-order valence-electron chi connectivity index (χ1n) is 11.1. The maximum absolute atomic E-state index is 12.4. The van der Waals surface area contributed by atoms with Crippen LogP contribution in [0.15, 0.2) is 42.9 Å². The number of hydrogen-bond acceptors (Lipinski definition) is 3. The van der Waals surface area contributed by atoms with E-state index in [1.165, 1.54) is 22.5 Å². The SMILES string of the molecule is CCc1c(C)c2c(n1-c1cccc3cc(-c4cnn(C)c4)ncc13)CN(C(=O)NC)CC2. The van der Waals surface area contributed by atoms with Gasteiger partial charge in [-0.05, 0) is 48.4 Å². The van der Waals surface area contributed by atoms with Crippen molar-refractivity contribution >= 4 is 16.8 Å². The standard InChI is InChI=1S/C25H28N6O/c1-5-22-16(2)19-9-10-30(25(32)26-3)15-24(19)31(22)23-8-6-7-17-11-21(27-13-20(17)23)18-12-28-29(4)14-18/h6-8,11-14H,5,9-10,15H2,1-4H3,(H,26,32). The number of hydrogen-bond donors (Lipinski definition) is 1. The topological polar surface area (TPSA) is 68.0 Å². The molecule has 0 bridgehead atoms. The van der Waals surface area contributed by atoms with Crippen LogP contribution in [0.2, 0.25) is 0 Å². The van der Waals surface area contributed by atoms with Crippen LogP contribution in [0.4, 0.5) is 4.79 Å². The van der Waals surface area contributed by atoms with Crippen LogP contribution in [-0.4, -0.2) is 43.9 Å².